The van der Waals surface area contributed by atoms with Crippen molar-refractivity contribution in [1.29, 1.82) is 0 Å². The van der Waals surface area contributed by atoms with Crippen LogP contribution in [0.4, 0.5) is 10.2 Å². The van der Waals surface area contributed by atoms with Crippen molar-refractivity contribution in [2.45, 2.75) is 25.9 Å². The molecule has 208 valence electrons. The molecule has 0 atom stereocenters. The maximum atomic E-state index is 13.9. The lowest BCUT2D eigenvalue weighted by Crippen LogP contribution is -2.22. The number of rotatable bonds is 12. The molecule has 2 N–H and O–H groups in total. The normalized spacial score (nSPS) is 12.8. The van der Waals surface area contributed by atoms with Gasteiger partial charge in [0.15, 0.2) is 34.3 Å². The van der Waals surface area contributed by atoms with E-state index in [-0.39, 0.29) is 12.4 Å². The minimum Gasteiger partial charge on any atom is -0.486 e. The van der Waals surface area contributed by atoms with Gasteiger partial charge in [-0.05, 0) is 12.1 Å². The Morgan fingerprint density at radius 2 is 1.88 bits per heavy atom. The molecular formula is C28H30FN7O4. The lowest BCUT2D eigenvalue weighted by Gasteiger charge is -2.18. The summed E-state index contributed by atoms with van der Waals surface area (Å²) in [5.41, 5.74) is 3.43. The fourth-order valence-electron chi connectivity index (χ4n) is 4.71. The molecule has 0 spiro atoms. The number of nitrogens with one attached hydrogen (secondary N) is 2. The molecule has 1 aliphatic rings. The summed E-state index contributed by atoms with van der Waals surface area (Å²) in [5, 5.41) is 6.58. The third-order valence-corrected chi connectivity index (χ3v) is 6.66. The van der Waals surface area contributed by atoms with Gasteiger partial charge in [0, 0.05) is 70.2 Å². The Kier molecular flexibility index (Phi) is 7.69. The zero-order valence-corrected chi connectivity index (χ0v) is 22.2. The molecule has 4 aromatic heterocycles. The van der Waals surface area contributed by atoms with Crippen LogP contribution >= 0.6 is 0 Å². The topological polar surface area (TPSA) is 121 Å². The molecule has 0 aliphatic carbocycles. The van der Waals surface area contributed by atoms with Gasteiger partial charge in [0.2, 0.25) is 0 Å². The van der Waals surface area contributed by atoms with Crippen molar-refractivity contribution in [3.63, 3.8) is 0 Å². The Labute approximate surface area is 229 Å². The van der Waals surface area contributed by atoms with Gasteiger partial charge in [-0.1, -0.05) is 0 Å². The largest absolute Gasteiger partial charge is 0.486 e. The first kappa shape index (κ1) is 26.0. The van der Waals surface area contributed by atoms with E-state index in [1.54, 1.807) is 31.6 Å². The number of halogens is 1. The third-order valence-electron chi connectivity index (χ3n) is 6.66. The molecule has 6 rings (SSSR count). The number of nitrogens with zero attached hydrogens (tertiary/aromatic N) is 5. The molecule has 0 saturated carbocycles. The van der Waals surface area contributed by atoms with Gasteiger partial charge in [-0.2, -0.15) is 0 Å². The molecule has 0 saturated heterocycles. The van der Waals surface area contributed by atoms with Crippen LogP contribution in [0.25, 0.3) is 22.1 Å². The van der Waals surface area contributed by atoms with E-state index < -0.39 is 0 Å². The molecule has 0 fully saturated rings. The molecule has 0 bridgehead atoms. The van der Waals surface area contributed by atoms with Crippen molar-refractivity contribution in [2.24, 2.45) is 0 Å². The maximum Gasteiger partial charge on any atom is 0.196 e. The van der Waals surface area contributed by atoms with E-state index in [2.05, 4.69) is 30.2 Å². The highest BCUT2D eigenvalue weighted by atomic mass is 19.1. The van der Waals surface area contributed by atoms with E-state index in [0.29, 0.717) is 67.8 Å². The summed E-state index contributed by atoms with van der Waals surface area (Å²) in [6, 6.07) is 8.66. The van der Waals surface area contributed by atoms with E-state index in [9.17, 15) is 4.39 Å². The Bertz CT molecular complexity index is 1620. The van der Waals surface area contributed by atoms with Crippen molar-refractivity contribution in [3.8, 4) is 11.5 Å². The number of anilines is 1. The summed E-state index contributed by atoms with van der Waals surface area (Å²) in [6.45, 7) is 3.97. The fraction of sp³-hybridized carbons (Fsp3) is 0.357. The number of oxazole rings is 1. The highest BCUT2D eigenvalue weighted by Gasteiger charge is 2.18. The highest BCUT2D eigenvalue weighted by molar-refractivity contribution is 5.84. The van der Waals surface area contributed by atoms with Gasteiger partial charge in [0.05, 0.1) is 29.9 Å². The van der Waals surface area contributed by atoms with Crippen LogP contribution in [0, 0.1) is 5.82 Å². The van der Waals surface area contributed by atoms with Crippen LogP contribution in [-0.2, 0) is 30.7 Å². The lowest BCUT2D eigenvalue weighted by atomic mass is 10.2. The Balaban J connectivity index is 1.07. The van der Waals surface area contributed by atoms with Crippen molar-refractivity contribution in [3.05, 3.63) is 66.0 Å². The van der Waals surface area contributed by atoms with Gasteiger partial charge in [0.25, 0.3) is 0 Å². The van der Waals surface area contributed by atoms with E-state index in [4.69, 9.17) is 23.6 Å². The standard InChI is InChI=1S/C28H30FN7O4/c1-37-12-11-36-21-16-24-23(38-13-14-39-24)15-19(21)34-25(36)5-8-30-9-6-26-35-27-22(40-26)4-10-32-28(27)33-17-20-18(29)3-2-7-31-20/h2-4,7,10,15-16,30H,5-6,8-9,11-14,17H2,1H3,(H,32,33). The van der Waals surface area contributed by atoms with Crippen molar-refractivity contribution in [2.75, 3.05) is 45.3 Å². The second-order valence-corrected chi connectivity index (χ2v) is 9.31. The molecule has 1 aliphatic heterocycles. The molecule has 5 heterocycles. The first-order valence-electron chi connectivity index (χ1n) is 13.3. The minimum atomic E-state index is -0.370. The zero-order valence-electron chi connectivity index (χ0n) is 22.2. The fourth-order valence-corrected chi connectivity index (χ4v) is 4.71. The zero-order chi connectivity index (χ0) is 27.3. The van der Waals surface area contributed by atoms with Gasteiger partial charge < -0.3 is 33.8 Å². The van der Waals surface area contributed by atoms with Gasteiger partial charge in [0.1, 0.15) is 24.9 Å². The molecule has 0 amide bonds. The van der Waals surface area contributed by atoms with Crippen LogP contribution < -0.4 is 20.1 Å². The van der Waals surface area contributed by atoms with Crippen molar-refractivity contribution in [1.82, 2.24) is 29.8 Å². The quantitative estimate of drug-likeness (QED) is 0.225. The molecule has 1 aromatic carbocycles. The van der Waals surface area contributed by atoms with E-state index in [1.165, 1.54) is 6.07 Å². The molecule has 0 unspecified atom stereocenters. The summed E-state index contributed by atoms with van der Waals surface area (Å²) in [5.74, 6) is 3.20. The first-order valence-corrected chi connectivity index (χ1v) is 13.3. The Hall–Kier alpha value is -4.29. The summed E-state index contributed by atoms with van der Waals surface area (Å²) in [7, 11) is 1.70. The predicted octanol–water partition coefficient (Wildman–Crippen LogP) is 3.51. The van der Waals surface area contributed by atoms with Crippen LogP contribution in [0.5, 0.6) is 11.5 Å². The molecule has 11 nitrogen and oxygen atoms in total. The second kappa shape index (κ2) is 11.8. The predicted molar refractivity (Wildman–Crippen MR) is 146 cm³/mol. The monoisotopic (exact) mass is 547 g/mol. The van der Waals surface area contributed by atoms with Gasteiger partial charge in [-0.15, -0.1) is 0 Å². The van der Waals surface area contributed by atoms with Crippen LogP contribution in [0.2, 0.25) is 0 Å². The maximum absolute atomic E-state index is 13.9. The smallest absolute Gasteiger partial charge is 0.196 e. The number of ether oxygens (including phenoxy) is 3. The van der Waals surface area contributed by atoms with Crippen molar-refractivity contribution >= 4 is 28.0 Å². The number of fused-ring (bicyclic) bond motifs is 3. The SMILES string of the molecule is COCCn1c(CCNCCc2nc3c(NCc4ncccc4F)nccc3o2)nc2cc3c(cc21)OCCO3. The average molecular weight is 548 g/mol. The summed E-state index contributed by atoms with van der Waals surface area (Å²) >= 11 is 0. The van der Waals surface area contributed by atoms with E-state index in [0.717, 1.165) is 41.3 Å². The van der Waals surface area contributed by atoms with Crippen LogP contribution in [0.15, 0.2) is 47.1 Å². The number of hydrogen-bond donors (Lipinski definition) is 2. The molecule has 0 radical (unpaired) electrons. The number of methoxy groups -OCH3 is 1. The van der Waals surface area contributed by atoms with Gasteiger partial charge in [-0.3, -0.25) is 4.98 Å². The summed E-state index contributed by atoms with van der Waals surface area (Å²) < 4.78 is 38.9. The number of imidazole rings is 1. The second-order valence-electron chi connectivity index (χ2n) is 9.31. The minimum absolute atomic E-state index is 0.195. The molecule has 40 heavy (non-hydrogen) atoms. The van der Waals surface area contributed by atoms with Gasteiger partial charge in [-0.25, -0.2) is 19.3 Å². The number of hydrogen-bond acceptors (Lipinski definition) is 10. The number of aromatic nitrogens is 5. The summed E-state index contributed by atoms with van der Waals surface area (Å²) in [4.78, 5) is 17.9. The molecular weight excluding hydrogens is 517 g/mol. The lowest BCUT2D eigenvalue weighted by molar-refractivity contribution is 0.172. The van der Waals surface area contributed by atoms with E-state index >= 15 is 0 Å². The first-order chi connectivity index (χ1) is 19.7. The Morgan fingerprint density at radius 3 is 2.73 bits per heavy atom. The summed E-state index contributed by atoms with van der Waals surface area (Å²) in [6.07, 6.45) is 4.53. The Morgan fingerprint density at radius 1 is 1.02 bits per heavy atom. The van der Waals surface area contributed by atoms with E-state index in [1.807, 2.05) is 12.1 Å². The number of benzene rings is 1. The third kappa shape index (κ3) is 5.54. The number of pyridine rings is 2. The van der Waals surface area contributed by atoms with Crippen molar-refractivity contribution < 1.29 is 23.0 Å². The average Bonchev–Trinajstić information content (AvgIpc) is 3.54. The highest BCUT2D eigenvalue weighted by Crippen LogP contribution is 2.35. The van der Waals surface area contributed by atoms with Crippen LogP contribution in [0.3, 0.4) is 0 Å². The van der Waals surface area contributed by atoms with Crippen LogP contribution in [-0.4, -0.2) is 64.5 Å². The molecule has 5 aromatic rings. The molecule has 12 heteroatoms. The van der Waals surface area contributed by atoms with Gasteiger partial charge >= 0.3 is 0 Å². The van der Waals surface area contributed by atoms with Crippen LogP contribution in [0.1, 0.15) is 17.4 Å².